The van der Waals surface area contributed by atoms with Crippen molar-refractivity contribution in [1.29, 1.82) is 0 Å². The maximum atomic E-state index is 12.8. The zero-order valence-electron chi connectivity index (χ0n) is 14.7. The number of piperidine rings is 1. The van der Waals surface area contributed by atoms with E-state index in [9.17, 15) is 9.90 Å². The lowest BCUT2D eigenvalue weighted by Gasteiger charge is -2.34. The molecule has 1 aliphatic rings. The number of likely N-dealkylation sites (N-methyl/N-ethyl adjacent to an activating group) is 1. The first-order valence-electron chi connectivity index (χ1n) is 8.40. The van der Waals surface area contributed by atoms with E-state index in [1.807, 2.05) is 30.1 Å². The van der Waals surface area contributed by atoms with E-state index in [1.54, 1.807) is 14.2 Å². The van der Waals surface area contributed by atoms with Gasteiger partial charge in [-0.25, -0.2) is 0 Å². The molecule has 0 aromatic heterocycles. The first-order valence-corrected chi connectivity index (χ1v) is 8.40. The number of carbonyl (C=O) groups excluding carboxylic acids is 1. The van der Waals surface area contributed by atoms with Gasteiger partial charge in [0.2, 0.25) is 5.91 Å². The van der Waals surface area contributed by atoms with E-state index in [-0.39, 0.29) is 24.5 Å². The summed E-state index contributed by atoms with van der Waals surface area (Å²) in [7, 11) is 5.05. The number of rotatable bonds is 8. The van der Waals surface area contributed by atoms with Crippen LogP contribution in [-0.2, 0) is 11.3 Å². The summed E-state index contributed by atoms with van der Waals surface area (Å²) in [6.07, 6.45) is 2.53. The van der Waals surface area contributed by atoms with Crippen molar-refractivity contribution >= 4 is 5.91 Å². The average molecular weight is 336 g/mol. The molecule has 1 aliphatic heterocycles. The summed E-state index contributed by atoms with van der Waals surface area (Å²) in [5.41, 5.74) is 0.972. The minimum atomic E-state index is -0.0346. The van der Waals surface area contributed by atoms with Crippen LogP contribution in [0, 0.1) is 5.92 Å². The molecule has 1 aromatic carbocycles. The smallest absolute Gasteiger partial charge is 0.226 e. The second-order valence-electron chi connectivity index (χ2n) is 6.18. The zero-order chi connectivity index (χ0) is 17.5. The predicted octanol–water partition coefficient (Wildman–Crippen LogP) is 1.41. The number of likely N-dealkylation sites (tertiary alicyclic amines) is 1. The summed E-state index contributed by atoms with van der Waals surface area (Å²) in [4.78, 5) is 14.7. The molecule has 1 aromatic rings. The Hall–Kier alpha value is -1.79. The summed E-state index contributed by atoms with van der Waals surface area (Å²) in [5.74, 6) is 1.59. The van der Waals surface area contributed by atoms with Gasteiger partial charge in [0.05, 0.1) is 20.8 Å². The topological polar surface area (TPSA) is 71.0 Å². The molecule has 2 atom stereocenters. The van der Waals surface area contributed by atoms with Crippen LogP contribution in [-0.4, -0.2) is 56.4 Å². The van der Waals surface area contributed by atoms with Gasteiger partial charge in [-0.3, -0.25) is 4.79 Å². The Kier molecular flexibility index (Phi) is 6.87. The van der Waals surface area contributed by atoms with Crippen molar-refractivity contribution in [3.8, 4) is 11.5 Å². The van der Waals surface area contributed by atoms with Crippen LogP contribution >= 0.6 is 0 Å². The molecular formula is C18H28N2O4. The van der Waals surface area contributed by atoms with Gasteiger partial charge in [-0.05, 0) is 38.4 Å². The van der Waals surface area contributed by atoms with Crippen molar-refractivity contribution in [1.82, 2.24) is 10.2 Å². The van der Waals surface area contributed by atoms with E-state index in [4.69, 9.17) is 9.47 Å². The van der Waals surface area contributed by atoms with Crippen LogP contribution in [0.1, 0.15) is 24.8 Å². The minimum Gasteiger partial charge on any atom is -0.497 e. The maximum absolute atomic E-state index is 12.8. The van der Waals surface area contributed by atoms with Crippen LogP contribution in [0.2, 0.25) is 0 Å². The highest BCUT2D eigenvalue weighted by atomic mass is 16.5. The van der Waals surface area contributed by atoms with Gasteiger partial charge in [0.15, 0.2) is 0 Å². The van der Waals surface area contributed by atoms with Gasteiger partial charge >= 0.3 is 0 Å². The average Bonchev–Trinajstić information content (AvgIpc) is 2.62. The van der Waals surface area contributed by atoms with E-state index >= 15 is 0 Å². The molecule has 1 fully saturated rings. The zero-order valence-corrected chi connectivity index (χ0v) is 14.7. The number of carbonyl (C=O) groups is 1. The number of nitrogens with zero attached hydrogens (tertiary/aromatic N) is 1. The molecule has 0 radical (unpaired) electrons. The number of hydrogen-bond acceptors (Lipinski definition) is 5. The molecule has 134 valence electrons. The normalized spacial score (nSPS) is 19.2. The van der Waals surface area contributed by atoms with E-state index in [1.165, 1.54) is 0 Å². The highest BCUT2D eigenvalue weighted by Gasteiger charge is 2.30. The summed E-state index contributed by atoms with van der Waals surface area (Å²) < 4.78 is 10.6. The number of methoxy groups -OCH3 is 2. The molecule has 1 saturated heterocycles. The highest BCUT2D eigenvalue weighted by molar-refractivity contribution is 5.79. The Bertz CT molecular complexity index is 546. The molecule has 1 amide bonds. The Morgan fingerprint density at radius 1 is 1.38 bits per heavy atom. The van der Waals surface area contributed by atoms with Crippen LogP contribution in [0.4, 0.5) is 0 Å². The summed E-state index contributed by atoms with van der Waals surface area (Å²) in [6, 6.07) is 5.63. The first-order chi connectivity index (χ1) is 11.6. The number of aliphatic hydroxyl groups is 1. The van der Waals surface area contributed by atoms with Crippen LogP contribution < -0.4 is 14.8 Å². The number of hydrogen-bond donors (Lipinski definition) is 2. The minimum absolute atomic E-state index is 0.0329. The standard InChI is InChI=1S/C18H28N2O4/c1-19-15(12-21)9-13-5-4-8-20(18(13)22)11-14-6-7-16(23-2)10-17(14)24-3/h6-7,10,13,15,19,21H,4-5,8-9,11-12H2,1-3H3. The summed E-state index contributed by atoms with van der Waals surface area (Å²) >= 11 is 0. The molecule has 0 aliphatic carbocycles. The molecule has 24 heavy (non-hydrogen) atoms. The lowest BCUT2D eigenvalue weighted by atomic mass is 9.90. The lowest BCUT2D eigenvalue weighted by Crippen LogP contribution is -2.43. The van der Waals surface area contributed by atoms with Crippen LogP contribution in [0.25, 0.3) is 0 Å². The molecule has 0 saturated carbocycles. The van der Waals surface area contributed by atoms with E-state index in [2.05, 4.69) is 5.32 Å². The fourth-order valence-corrected chi connectivity index (χ4v) is 3.21. The van der Waals surface area contributed by atoms with Crippen LogP contribution in [0.15, 0.2) is 18.2 Å². The third-order valence-corrected chi connectivity index (χ3v) is 4.69. The van der Waals surface area contributed by atoms with Gasteiger partial charge < -0.3 is 24.8 Å². The van der Waals surface area contributed by atoms with E-state index in [0.29, 0.717) is 13.0 Å². The quantitative estimate of drug-likeness (QED) is 0.751. The van der Waals surface area contributed by atoms with Crippen LogP contribution in [0.5, 0.6) is 11.5 Å². The van der Waals surface area contributed by atoms with Gasteiger partial charge in [0, 0.05) is 36.7 Å². The van der Waals surface area contributed by atoms with Gasteiger partial charge in [0.1, 0.15) is 11.5 Å². The summed E-state index contributed by atoms with van der Waals surface area (Å²) in [5, 5.41) is 12.4. The maximum Gasteiger partial charge on any atom is 0.226 e. The van der Waals surface area contributed by atoms with Crippen molar-refractivity contribution in [2.75, 3.05) is 34.4 Å². The molecule has 1 heterocycles. The number of nitrogens with one attached hydrogen (secondary N) is 1. The fraction of sp³-hybridized carbons (Fsp3) is 0.611. The van der Waals surface area contributed by atoms with Crippen LogP contribution in [0.3, 0.4) is 0 Å². The SMILES string of the molecule is CNC(CO)CC1CCCN(Cc2ccc(OC)cc2OC)C1=O. The van der Waals surface area contributed by atoms with E-state index in [0.717, 1.165) is 36.4 Å². The highest BCUT2D eigenvalue weighted by Crippen LogP contribution is 2.29. The third kappa shape index (κ3) is 4.39. The molecule has 6 nitrogen and oxygen atoms in total. The second kappa shape index (κ2) is 8.89. The van der Waals surface area contributed by atoms with Crippen molar-refractivity contribution in [2.45, 2.75) is 31.8 Å². The van der Waals surface area contributed by atoms with Gasteiger partial charge in [-0.2, -0.15) is 0 Å². The molecule has 2 rings (SSSR count). The molecule has 2 unspecified atom stereocenters. The summed E-state index contributed by atoms with van der Waals surface area (Å²) in [6.45, 7) is 1.34. The monoisotopic (exact) mass is 336 g/mol. The Morgan fingerprint density at radius 3 is 2.79 bits per heavy atom. The fourth-order valence-electron chi connectivity index (χ4n) is 3.21. The Morgan fingerprint density at radius 2 is 2.17 bits per heavy atom. The number of ether oxygens (including phenoxy) is 2. The lowest BCUT2D eigenvalue weighted by molar-refractivity contribution is -0.139. The Balaban J connectivity index is 2.07. The van der Waals surface area contributed by atoms with E-state index < -0.39 is 0 Å². The molecule has 0 spiro atoms. The third-order valence-electron chi connectivity index (χ3n) is 4.69. The molecule has 0 bridgehead atoms. The van der Waals surface area contributed by atoms with Gasteiger partial charge in [0.25, 0.3) is 0 Å². The molecule has 6 heteroatoms. The van der Waals surface area contributed by atoms with Gasteiger partial charge in [-0.1, -0.05) is 0 Å². The van der Waals surface area contributed by atoms with Crippen molar-refractivity contribution in [2.24, 2.45) is 5.92 Å². The molecular weight excluding hydrogens is 308 g/mol. The van der Waals surface area contributed by atoms with Crippen molar-refractivity contribution < 1.29 is 19.4 Å². The predicted molar refractivity (Wildman–Crippen MR) is 92.2 cm³/mol. The second-order valence-corrected chi connectivity index (χ2v) is 6.18. The Labute approximate surface area is 143 Å². The molecule has 2 N–H and O–H groups in total. The first kappa shape index (κ1) is 18.5. The van der Waals surface area contributed by atoms with Gasteiger partial charge in [-0.15, -0.1) is 0 Å². The number of aliphatic hydroxyl groups excluding tert-OH is 1. The number of amides is 1. The van der Waals surface area contributed by atoms with Crippen molar-refractivity contribution in [3.05, 3.63) is 23.8 Å². The van der Waals surface area contributed by atoms with Crippen molar-refractivity contribution in [3.63, 3.8) is 0 Å². The largest absolute Gasteiger partial charge is 0.497 e. The number of benzene rings is 1.